The van der Waals surface area contributed by atoms with Gasteiger partial charge in [-0.25, -0.2) is 0 Å². The van der Waals surface area contributed by atoms with E-state index in [1.165, 1.54) is 0 Å². The van der Waals surface area contributed by atoms with Crippen molar-refractivity contribution in [3.05, 3.63) is 0 Å². The third kappa shape index (κ3) is 3.03. The van der Waals surface area contributed by atoms with Crippen molar-refractivity contribution in [2.45, 2.75) is 52.5 Å². The van der Waals surface area contributed by atoms with Gasteiger partial charge in [-0.05, 0) is 31.6 Å². The summed E-state index contributed by atoms with van der Waals surface area (Å²) in [6.07, 6.45) is 3.17. The minimum atomic E-state index is -0.823. The van der Waals surface area contributed by atoms with Gasteiger partial charge in [0.2, 0.25) is 5.91 Å². The molecule has 1 aliphatic carbocycles. The maximum Gasteiger partial charge on any atom is 0.307 e. The molecule has 0 spiro atoms. The van der Waals surface area contributed by atoms with Crippen LogP contribution in [0.5, 0.6) is 0 Å². The molecule has 0 saturated heterocycles. The molecule has 1 rings (SSSR count). The number of carboxylic acid groups (broad SMARTS) is 1. The average molecular weight is 255 g/mol. The zero-order chi connectivity index (χ0) is 13.9. The van der Waals surface area contributed by atoms with E-state index < -0.39 is 11.9 Å². The minimum Gasteiger partial charge on any atom is -0.481 e. The SMILES string of the molecule is CCC(CC)N(C)C(=O)[C@H]1CC(C)C[C@H]1C(=O)O. The van der Waals surface area contributed by atoms with E-state index in [9.17, 15) is 14.7 Å². The number of hydrogen-bond acceptors (Lipinski definition) is 2. The molecule has 0 aliphatic heterocycles. The van der Waals surface area contributed by atoms with Gasteiger partial charge in [0.25, 0.3) is 0 Å². The van der Waals surface area contributed by atoms with Crippen LogP contribution in [0.15, 0.2) is 0 Å². The molecule has 0 heterocycles. The Bertz CT molecular complexity index is 312. The summed E-state index contributed by atoms with van der Waals surface area (Å²) < 4.78 is 0. The molecular weight excluding hydrogens is 230 g/mol. The summed E-state index contributed by atoms with van der Waals surface area (Å²) in [5.74, 6) is -1.31. The number of aliphatic carboxylic acids is 1. The fourth-order valence-corrected chi connectivity index (χ4v) is 3.12. The number of amides is 1. The van der Waals surface area contributed by atoms with E-state index in [4.69, 9.17) is 0 Å². The lowest BCUT2D eigenvalue weighted by Gasteiger charge is -2.30. The maximum absolute atomic E-state index is 12.4. The summed E-state index contributed by atoms with van der Waals surface area (Å²) in [7, 11) is 1.81. The Morgan fingerprint density at radius 1 is 1.22 bits per heavy atom. The lowest BCUT2D eigenvalue weighted by Crippen LogP contribution is -2.42. The summed E-state index contributed by atoms with van der Waals surface area (Å²) in [6, 6.07) is 0.225. The number of carbonyl (C=O) groups is 2. The van der Waals surface area contributed by atoms with Crippen LogP contribution in [0.3, 0.4) is 0 Å². The van der Waals surface area contributed by atoms with Crippen molar-refractivity contribution < 1.29 is 14.7 Å². The van der Waals surface area contributed by atoms with E-state index >= 15 is 0 Å². The Labute approximate surface area is 109 Å². The van der Waals surface area contributed by atoms with Crippen molar-refractivity contribution in [2.75, 3.05) is 7.05 Å². The molecule has 18 heavy (non-hydrogen) atoms. The fraction of sp³-hybridized carbons (Fsp3) is 0.857. The zero-order valence-corrected chi connectivity index (χ0v) is 11.8. The molecular formula is C14H25NO3. The largest absolute Gasteiger partial charge is 0.481 e. The standard InChI is InChI=1S/C14H25NO3/c1-5-10(6-2)15(4)13(16)11-7-9(3)8-12(11)14(17)18/h9-12H,5-8H2,1-4H3,(H,17,18)/t9?,11-,12+/m0/s1. The van der Waals surface area contributed by atoms with Gasteiger partial charge in [0.15, 0.2) is 0 Å². The number of hydrogen-bond donors (Lipinski definition) is 1. The van der Waals surface area contributed by atoms with Gasteiger partial charge in [-0.1, -0.05) is 20.8 Å². The first-order valence-electron chi connectivity index (χ1n) is 6.91. The van der Waals surface area contributed by atoms with Crippen LogP contribution in [0.25, 0.3) is 0 Å². The van der Waals surface area contributed by atoms with E-state index in [1.54, 1.807) is 4.90 Å². The second kappa shape index (κ2) is 6.21. The second-order valence-electron chi connectivity index (χ2n) is 5.55. The number of carbonyl (C=O) groups excluding carboxylic acids is 1. The summed E-state index contributed by atoms with van der Waals surface area (Å²) >= 11 is 0. The predicted octanol–water partition coefficient (Wildman–Crippen LogP) is 2.38. The van der Waals surface area contributed by atoms with Crippen LogP contribution >= 0.6 is 0 Å². The van der Waals surface area contributed by atoms with Gasteiger partial charge in [-0.3, -0.25) is 9.59 Å². The highest BCUT2D eigenvalue weighted by Crippen LogP contribution is 2.37. The molecule has 1 aliphatic rings. The summed E-state index contributed by atoms with van der Waals surface area (Å²) in [5, 5.41) is 9.21. The minimum absolute atomic E-state index is 0.0143. The molecule has 4 heteroatoms. The summed E-state index contributed by atoms with van der Waals surface area (Å²) in [5.41, 5.74) is 0. The second-order valence-corrected chi connectivity index (χ2v) is 5.55. The normalized spacial score (nSPS) is 27.5. The van der Waals surface area contributed by atoms with E-state index in [2.05, 4.69) is 13.8 Å². The van der Waals surface area contributed by atoms with E-state index in [0.717, 1.165) is 12.8 Å². The highest BCUT2D eigenvalue weighted by molar-refractivity contribution is 5.85. The molecule has 0 aromatic heterocycles. The van der Waals surface area contributed by atoms with Crippen molar-refractivity contribution in [1.82, 2.24) is 4.90 Å². The Hall–Kier alpha value is -1.06. The van der Waals surface area contributed by atoms with Crippen LogP contribution in [-0.2, 0) is 9.59 Å². The molecule has 0 aromatic rings. The molecule has 1 fully saturated rings. The van der Waals surface area contributed by atoms with Crippen LogP contribution in [0.2, 0.25) is 0 Å². The third-order valence-corrected chi connectivity index (χ3v) is 4.27. The topological polar surface area (TPSA) is 57.6 Å². The van der Waals surface area contributed by atoms with Crippen LogP contribution in [0.4, 0.5) is 0 Å². The lowest BCUT2D eigenvalue weighted by molar-refractivity contribution is -0.149. The Balaban J connectivity index is 2.78. The van der Waals surface area contributed by atoms with Gasteiger partial charge in [0.05, 0.1) is 11.8 Å². The number of rotatable bonds is 5. The molecule has 1 N–H and O–H groups in total. The maximum atomic E-state index is 12.4. The molecule has 104 valence electrons. The molecule has 1 amide bonds. The van der Waals surface area contributed by atoms with E-state index in [0.29, 0.717) is 18.8 Å². The Morgan fingerprint density at radius 2 is 1.72 bits per heavy atom. The summed E-state index contributed by atoms with van der Waals surface area (Å²) in [6.45, 7) is 6.15. The van der Waals surface area contributed by atoms with Crippen LogP contribution < -0.4 is 0 Å². The van der Waals surface area contributed by atoms with Crippen molar-refractivity contribution in [1.29, 1.82) is 0 Å². The van der Waals surface area contributed by atoms with Crippen molar-refractivity contribution >= 4 is 11.9 Å². The van der Waals surface area contributed by atoms with Gasteiger partial charge in [-0.15, -0.1) is 0 Å². The summed E-state index contributed by atoms with van der Waals surface area (Å²) in [4.78, 5) is 25.4. The molecule has 0 bridgehead atoms. The van der Waals surface area contributed by atoms with Crippen molar-refractivity contribution in [3.8, 4) is 0 Å². The number of nitrogens with zero attached hydrogens (tertiary/aromatic N) is 1. The van der Waals surface area contributed by atoms with Crippen molar-refractivity contribution in [2.24, 2.45) is 17.8 Å². The monoisotopic (exact) mass is 255 g/mol. The van der Waals surface area contributed by atoms with Crippen LogP contribution in [-0.4, -0.2) is 35.0 Å². The molecule has 0 aromatic carbocycles. The molecule has 1 saturated carbocycles. The average Bonchev–Trinajstić information content (AvgIpc) is 2.72. The van der Waals surface area contributed by atoms with Gasteiger partial charge in [0.1, 0.15) is 0 Å². The van der Waals surface area contributed by atoms with Crippen molar-refractivity contribution in [3.63, 3.8) is 0 Å². The Morgan fingerprint density at radius 3 is 2.17 bits per heavy atom. The first kappa shape index (κ1) is 15.0. The highest BCUT2D eigenvalue weighted by atomic mass is 16.4. The molecule has 1 unspecified atom stereocenters. The molecule has 4 nitrogen and oxygen atoms in total. The number of carboxylic acids is 1. The van der Waals surface area contributed by atoms with Crippen LogP contribution in [0.1, 0.15) is 46.5 Å². The molecule has 3 atom stereocenters. The smallest absolute Gasteiger partial charge is 0.307 e. The van der Waals surface area contributed by atoms with Gasteiger partial charge in [-0.2, -0.15) is 0 Å². The molecule has 0 radical (unpaired) electrons. The zero-order valence-electron chi connectivity index (χ0n) is 11.8. The van der Waals surface area contributed by atoms with E-state index in [-0.39, 0.29) is 17.9 Å². The van der Waals surface area contributed by atoms with Crippen LogP contribution in [0, 0.1) is 17.8 Å². The first-order valence-corrected chi connectivity index (χ1v) is 6.91. The lowest BCUT2D eigenvalue weighted by atomic mass is 9.94. The van der Waals surface area contributed by atoms with E-state index in [1.807, 2.05) is 14.0 Å². The quantitative estimate of drug-likeness (QED) is 0.820. The van der Waals surface area contributed by atoms with Gasteiger partial charge in [0, 0.05) is 13.1 Å². The predicted molar refractivity (Wildman–Crippen MR) is 70.2 cm³/mol. The third-order valence-electron chi connectivity index (χ3n) is 4.27. The highest BCUT2D eigenvalue weighted by Gasteiger charge is 2.42. The Kier molecular flexibility index (Phi) is 5.17. The van der Waals surface area contributed by atoms with Gasteiger partial charge < -0.3 is 10.0 Å². The van der Waals surface area contributed by atoms with Gasteiger partial charge >= 0.3 is 5.97 Å². The first-order chi connectivity index (χ1) is 8.42. The fourth-order valence-electron chi connectivity index (χ4n) is 3.12.